The molecule has 0 fully saturated rings. The normalized spacial score (nSPS) is 12.5. The Bertz CT molecular complexity index is 660. The summed E-state index contributed by atoms with van der Waals surface area (Å²) in [4.78, 5) is -1.08. The zero-order valence-corrected chi connectivity index (χ0v) is 12.6. The number of halogens is 7. The van der Waals surface area contributed by atoms with Crippen molar-refractivity contribution in [3.63, 3.8) is 0 Å². The van der Waals surface area contributed by atoms with Crippen LogP contribution in [0.1, 0.15) is 16.0 Å². The summed E-state index contributed by atoms with van der Waals surface area (Å²) in [6.45, 7) is 0. The Morgan fingerprint density at radius 3 is 1.95 bits per heavy atom. The third-order valence-corrected chi connectivity index (χ3v) is 3.88. The van der Waals surface area contributed by atoms with E-state index in [1.165, 1.54) is 0 Å². The Morgan fingerprint density at radius 2 is 1.43 bits per heavy atom. The van der Waals surface area contributed by atoms with Crippen LogP contribution in [0.2, 0.25) is 5.02 Å². The first kappa shape index (κ1) is 16.2. The molecule has 0 N–H and O–H groups in total. The van der Waals surface area contributed by atoms with Gasteiger partial charge in [-0.1, -0.05) is 39.7 Å². The summed E-state index contributed by atoms with van der Waals surface area (Å²) < 4.78 is 66.6. The lowest BCUT2D eigenvalue weighted by molar-refractivity contribution is 0.369. The maximum Gasteiger partial charge on any atom is 0.200 e. The van der Waals surface area contributed by atoms with E-state index in [0.29, 0.717) is 10.6 Å². The fourth-order valence-corrected chi connectivity index (χ4v) is 2.86. The number of benzene rings is 2. The van der Waals surface area contributed by atoms with Gasteiger partial charge in [-0.3, -0.25) is 0 Å². The Hall–Kier alpha value is -1.14. The summed E-state index contributed by atoms with van der Waals surface area (Å²) in [5.74, 6) is -9.76. The van der Waals surface area contributed by atoms with E-state index in [2.05, 4.69) is 15.9 Å². The first-order valence-corrected chi connectivity index (χ1v) is 7.02. The van der Waals surface area contributed by atoms with E-state index in [9.17, 15) is 22.0 Å². The second-order valence-corrected chi connectivity index (χ2v) is 5.83. The maximum atomic E-state index is 13.7. The van der Waals surface area contributed by atoms with E-state index in [1.54, 1.807) is 24.3 Å². The highest BCUT2D eigenvalue weighted by Crippen LogP contribution is 2.34. The van der Waals surface area contributed by atoms with Gasteiger partial charge < -0.3 is 0 Å². The molecule has 2 rings (SSSR count). The third-order valence-electron chi connectivity index (χ3n) is 2.86. The van der Waals surface area contributed by atoms with Crippen molar-refractivity contribution in [1.82, 2.24) is 0 Å². The van der Waals surface area contributed by atoms with Crippen LogP contribution in [0.5, 0.6) is 0 Å². The van der Waals surface area contributed by atoms with Crippen LogP contribution in [0, 0.1) is 29.1 Å². The molecular formula is C14H7BrClF5. The summed E-state index contributed by atoms with van der Waals surface area (Å²) in [5.41, 5.74) is -0.306. The molecule has 1 atom stereocenters. The predicted molar refractivity (Wildman–Crippen MR) is 73.1 cm³/mol. The van der Waals surface area contributed by atoms with Gasteiger partial charge in [-0.2, -0.15) is 0 Å². The smallest absolute Gasteiger partial charge is 0.200 e. The summed E-state index contributed by atoms with van der Waals surface area (Å²) in [7, 11) is 0. The molecule has 0 aliphatic heterocycles. The Balaban J connectivity index is 2.42. The maximum absolute atomic E-state index is 13.7. The third kappa shape index (κ3) is 3.21. The van der Waals surface area contributed by atoms with E-state index >= 15 is 0 Å². The molecule has 0 heterocycles. The molecule has 0 aliphatic carbocycles. The highest BCUT2D eigenvalue weighted by Gasteiger charge is 2.29. The fraction of sp³-hybridized carbons (Fsp3) is 0.143. The molecule has 0 aromatic heterocycles. The van der Waals surface area contributed by atoms with Gasteiger partial charge in [-0.25, -0.2) is 22.0 Å². The molecule has 0 bridgehead atoms. The van der Waals surface area contributed by atoms with Crippen molar-refractivity contribution in [3.05, 3.63) is 69.5 Å². The highest BCUT2D eigenvalue weighted by molar-refractivity contribution is 9.09. The van der Waals surface area contributed by atoms with Gasteiger partial charge in [0.1, 0.15) is 0 Å². The minimum atomic E-state index is -2.17. The minimum absolute atomic E-state index is 0.0128. The second-order valence-electron chi connectivity index (χ2n) is 4.29. The average Bonchev–Trinajstić information content (AvgIpc) is 2.43. The quantitative estimate of drug-likeness (QED) is 0.275. The molecule has 2 aromatic rings. The monoisotopic (exact) mass is 384 g/mol. The van der Waals surface area contributed by atoms with E-state index in [1.807, 2.05) is 0 Å². The van der Waals surface area contributed by atoms with Crippen LogP contribution in [0.15, 0.2) is 24.3 Å². The van der Waals surface area contributed by atoms with Crippen LogP contribution in [0.3, 0.4) is 0 Å². The van der Waals surface area contributed by atoms with Gasteiger partial charge in [-0.05, 0) is 24.1 Å². The molecule has 112 valence electrons. The molecule has 7 heteroatoms. The van der Waals surface area contributed by atoms with Gasteiger partial charge in [-0.15, -0.1) is 0 Å². The van der Waals surface area contributed by atoms with Gasteiger partial charge in [0.05, 0.1) is 0 Å². The largest absolute Gasteiger partial charge is 0.203 e. The second kappa shape index (κ2) is 6.32. The molecule has 0 aliphatic rings. The number of rotatable bonds is 3. The summed E-state index contributed by atoms with van der Waals surface area (Å²) in [6.07, 6.45) is 0.0128. The van der Waals surface area contributed by atoms with Gasteiger partial charge in [0, 0.05) is 15.4 Å². The van der Waals surface area contributed by atoms with E-state index in [0.717, 1.165) is 0 Å². The lowest BCUT2D eigenvalue weighted by Gasteiger charge is -2.14. The van der Waals surface area contributed by atoms with Gasteiger partial charge in [0.2, 0.25) is 5.82 Å². The predicted octanol–water partition coefficient (Wildman–Crippen LogP) is 5.71. The summed E-state index contributed by atoms with van der Waals surface area (Å²) in [6, 6.07) is 6.40. The van der Waals surface area contributed by atoms with Crippen LogP contribution in [0.25, 0.3) is 0 Å². The Kier molecular flexibility index (Phi) is 4.88. The van der Waals surface area contributed by atoms with Crippen LogP contribution in [0.4, 0.5) is 22.0 Å². The molecule has 0 saturated heterocycles. The zero-order valence-electron chi connectivity index (χ0n) is 10.2. The zero-order chi connectivity index (χ0) is 15.7. The van der Waals surface area contributed by atoms with Gasteiger partial charge >= 0.3 is 0 Å². The van der Waals surface area contributed by atoms with Crippen molar-refractivity contribution in [2.75, 3.05) is 0 Å². The minimum Gasteiger partial charge on any atom is -0.203 e. The van der Waals surface area contributed by atoms with E-state index in [4.69, 9.17) is 11.6 Å². The molecule has 21 heavy (non-hydrogen) atoms. The molecule has 0 amide bonds. The SMILES string of the molecule is Fc1c(F)c(F)c(C(Br)Cc2cccc(Cl)c2)c(F)c1F. The van der Waals surface area contributed by atoms with Crippen molar-refractivity contribution in [2.24, 2.45) is 0 Å². The molecule has 0 radical (unpaired) electrons. The molecule has 1 unspecified atom stereocenters. The number of hydrogen-bond acceptors (Lipinski definition) is 0. The Labute approximate surface area is 130 Å². The van der Waals surface area contributed by atoms with Crippen molar-refractivity contribution >= 4 is 27.5 Å². The number of hydrogen-bond donors (Lipinski definition) is 0. The van der Waals surface area contributed by atoms with Crippen molar-refractivity contribution in [3.8, 4) is 0 Å². The first-order chi connectivity index (χ1) is 9.82. The standard InChI is InChI=1S/C14H7BrClF5/c15-8(5-6-2-1-3-7(16)4-6)9-10(17)12(19)14(21)13(20)11(9)18/h1-4,8H,5H2. The van der Waals surface area contributed by atoms with Crippen LogP contribution in [-0.4, -0.2) is 0 Å². The molecular weight excluding hydrogens is 379 g/mol. The van der Waals surface area contributed by atoms with Crippen LogP contribution < -0.4 is 0 Å². The van der Waals surface area contributed by atoms with Crippen molar-refractivity contribution in [2.45, 2.75) is 11.2 Å². The Morgan fingerprint density at radius 1 is 0.905 bits per heavy atom. The van der Waals surface area contributed by atoms with E-state index < -0.39 is 39.5 Å². The molecule has 0 spiro atoms. The molecule has 0 nitrogen and oxygen atoms in total. The van der Waals surface area contributed by atoms with Crippen molar-refractivity contribution < 1.29 is 22.0 Å². The molecule has 0 saturated carbocycles. The van der Waals surface area contributed by atoms with Gasteiger partial charge in [0.15, 0.2) is 23.3 Å². The highest BCUT2D eigenvalue weighted by atomic mass is 79.9. The topological polar surface area (TPSA) is 0 Å². The first-order valence-electron chi connectivity index (χ1n) is 5.72. The fourth-order valence-electron chi connectivity index (χ4n) is 1.87. The van der Waals surface area contributed by atoms with Crippen LogP contribution >= 0.6 is 27.5 Å². The number of alkyl halides is 1. The van der Waals surface area contributed by atoms with E-state index in [-0.39, 0.29) is 6.42 Å². The van der Waals surface area contributed by atoms with Crippen molar-refractivity contribution in [1.29, 1.82) is 0 Å². The van der Waals surface area contributed by atoms with Crippen LogP contribution in [-0.2, 0) is 6.42 Å². The lowest BCUT2D eigenvalue weighted by atomic mass is 10.0. The lowest BCUT2D eigenvalue weighted by Crippen LogP contribution is -2.10. The summed E-state index contributed by atoms with van der Waals surface area (Å²) >= 11 is 8.74. The average molecular weight is 386 g/mol. The van der Waals surface area contributed by atoms with Gasteiger partial charge in [0.25, 0.3) is 0 Å². The summed E-state index contributed by atoms with van der Waals surface area (Å²) in [5, 5.41) is 0.407. The molecule has 2 aromatic carbocycles.